The lowest BCUT2D eigenvalue weighted by atomic mass is 10.2. The van der Waals surface area contributed by atoms with Gasteiger partial charge in [0.15, 0.2) is 0 Å². The Morgan fingerprint density at radius 1 is 1.29 bits per heavy atom. The van der Waals surface area contributed by atoms with Crippen LogP contribution < -0.4 is 0 Å². The molecule has 0 fully saturated rings. The third kappa shape index (κ3) is 5.85. The zero-order chi connectivity index (χ0) is 16.0. The summed E-state index contributed by atoms with van der Waals surface area (Å²) in [6.45, 7) is 2.71. The highest BCUT2D eigenvalue weighted by molar-refractivity contribution is 9.10. The SMILES string of the molecule is CC(CN(C)CC(=O)N(C)Cc1ccccc1Br)C(=O)O. The third-order valence-electron chi connectivity index (χ3n) is 3.20. The number of hydrogen-bond acceptors (Lipinski definition) is 3. The van der Waals surface area contributed by atoms with Gasteiger partial charge in [-0.3, -0.25) is 14.5 Å². The molecular weight excluding hydrogens is 336 g/mol. The van der Waals surface area contributed by atoms with Crippen LogP contribution in [0.2, 0.25) is 0 Å². The molecule has 1 aromatic rings. The van der Waals surface area contributed by atoms with Crippen LogP contribution in [0.5, 0.6) is 0 Å². The van der Waals surface area contributed by atoms with E-state index in [4.69, 9.17) is 5.11 Å². The van der Waals surface area contributed by atoms with E-state index in [1.165, 1.54) is 0 Å². The van der Waals surface area contributed by atoms with Gasteiger partial charge in [-0.05, 0) is 18.7 Å². The molecule has 0 saturated heterocycles. The highest BCUT2D eigenvalue weighted by Crippen LogP contribution is 2.17. The summed E-state index contributed by atoms with van der Waals surface area (Å²) in [5, 5.41) is 8.87. The van der Waals surface area contributed by atoms with Crippen LogP contribution >= 0.6 is 15.9 Å². The summed E-state index contributed by atoms with van der Waals surface area (Å²) < 4.78 is 0.970. The summed E-state index contributed by atoms with van der Waals surface area (Å²) in [5.41, 5.74) is 1.04. The Labute approximate surface area is 133 Å². The van der Waals surface area contributed by atoms with E-state index in [1.807, 2.05) is 24.3 Å². The zero-order valence-electron chi connectivity index (χ0n) is 12.5. The molecule has 0 heterocycles. The van der Waals surface area contributed by atoms with Gasteiger partial charge in [0.25, 0.3) is 0 Å². The second-order valence-corrected chi connectivity index (χ2v) is 6.13. The molecule has 0 aliphatic rings. The minimum absolute atomic E-state index is 0.0363. The van der Waals surface area contributed by atoms with Crippen LogP contribution in [-0.2, 0) is 16.1 Å². The number of aliphatic carboxylic acids is 1. The standard InChI is InChI=1S/C15H21BrN2O3/c1-11(15(20)21)8-17(2)10-14(19)18(3)9-12-6-4-5-7-13(12)16/h4-7,11H,8-10H2,1-3H3,(H,20,21). The normalized spacial score (nSPS) is 12.2. The van der Waals surface area contributed by atoms with Crippen LogP contribution in [0.25, 0.3) is 0 Å². The van der Waals surface area contributed by atoms with E-state index in [0.29, 0.717) is 13.1 Å². The monoisotopic (exact) mass is 356 g/mol. The predicted octanol–water partition coefficient (Wildman–Crippen LogP) is 2.06. The number of carbonyl (C=O) groups excluding carboxylic acids is 1. The van der Waals surface area contributed by atoms with Crippen molar-refractivity contribution in [1.29, 1.82) is 0 Å². The molecule has 1 N–H and O–H groups in total. The molecule has 1 atom stereocenters. The Morgan fingerprint density at radius 3 is 2.48 bits per heavy atom. The van der Waals surface area contributed by atoms with Gasteiger partial charge in [-0.15, -0.1) is 0 Å². The van der Waals surface area contributed by atoms with Crippen molar-refractivity contribution in [2.75, 3.05) is 27.2 Å². The fourth-order valence-electron chi connectivity index (χ4n) is 1.93. The van der Waals surface area contributed by atoms with Crippen molar-refractivity contribution in [1.82, 2.24) is 9.80 Å². The van der Waals surface area contributed by atoms with Crippen molar-refractivity contribution in [2.45, 2.75) is 13.5 Å². The number of likely N-dealkylation sites (N-methyl/N-ethyl adjacent to an activating group) is 2. The van der Waals surface area contributed by atoms with Crippen LogP contribution in [0.3, 0.4) is 0 Å². The molecule has 1 aromatic carbocycles. The zero-order valence-corrected chi connectivity index (χ0v) is 14.1. The van der Waals surface area contributed by atoms with E-state index < -0.39 is 11.9 Å². The maximum absolute atomic E-state index is 12.1. The fraction of sp³-hybridized carbons (Fsp3) is 0.467. The lowest BCUT2D eigenvalue weighted by molar-refractivity contribution is -0.142. The van der Waals surface area contributed by atoms with Gasteiger partial charge >= 0.3 is 5.97 Å². The second kappa shape index (κ2) is 8.14. The smallest absolute Gasteiger partial charge is 0.307 e. The van der Waals surface area contributed by atoms with E-state index >= 15 is 0 Å². The molecule has 0 aliphatic carbocycles. The molecular formula is C15H21BrN2O3. The largest absolute Gasteiger partial charge is 0.481 e. The minimum atomic E-state index is -0.851. The number of carbonyl (C=O) groups is 2. The second-order valence-electron chi connectivity index (χ2n) is 5.28. The van der Waals surface area contributed by atoms with Crippen molar-refractivity contribution in [2.24, 2.45) is 5.92 Å². The van der Waals surface area contributed by atoms with Gasteiger partial charge in [0.2, 0.25) is 5.91 Å². The average Bonchev–Trinajstić information content (AvgIpc) is 2.40. The fourth-order valence-corrected chi connectivity index (χ4v) is 2.34. The molecule has 0 spiro atoms. The molecule has 1 amide bonds. The van der Waals surface area contributed by atoms with Crippen molar-refractivity contribution in [3.05, 3.63) is 34.3 Å². The molecule has 0 saturated carbocycles. The van der Waals surface area contributed by atoms with E-state index in [9.17, 15) is 9.59 Å². The van der Waals surface area contributed by atoms with Crippen LogP contribution in [0.4, 0.5) is 0 Å². The van der Waals surface area contributed by atoms with Crippen molar-refractivity contribution in [3.63, 3.8) is 0 Å². The molecule has 0 aromatic heterocycles. The van der Waals surface area contributed by atoms with E-state index in [-0.39, 0.29) is 12.5 Å². The third-order valence-corrected chi connectivity index (χ3v) is 3.98. The van der Waals surface area contributed by atoms with Gasteiger partial charge < -0.3 is 10.0 Å². The Kier molecular flexibility index (Phi) is 6.84. The number of rotatable bonds is 7. The molecule has 6 heteroatoms. The van der Waals surface area contributed by atoms with Gasteiger partial charge in [0, 0.05) is 24.6 Å². The summed E-state index contributed by atoms with van der Waals surface area (Å²) in [6, 6.07) is 7.76. The molecule has 0 aliphatic heterocycles. The van der Waals surface area contributed by atoms with Crippen LogP contribution in [-0.4, -0.2) is 54.0 Å². The molecule has 21 heavy (non-hydrogen) atoms. The first-order chi connectivity index (χ1) is 9.81. The number of carboxylic acids is 1. The predicted molar refractivity (Wildman–Crippen MR) is 84.9 cm³/mol. The number of nitrogens with zero attached hydrogens (tertiary/aromatic N) is 2. The number of hydrogen-bond donors (Lipinski definition) is 1. The maximum atomic E-state index is 12.1. The Bertz CT molecular complexity index is 507. The molecule has 116 valence electrons. The number of benzene rings is 1. The summed E-state index contributed by atoms with van der Waals surface area (Å²) in [6.07, 6.45) is 0. The molecule has 5 nitrogen and oxygen atoms in total. The van der Waals surface area contributed by atoms with Gasteiger partial charge in [-0.1, -0.05) is 41.1 Å². The van der Waals surface area contributed by atoms with E-state index in [0.717, 1.165) is 10.0 Å². The average molecular weight is 357 g/mol. The Morgan fingerprint density at radius 2 is 1.90 bits per heavy atom. The van der Waals surface area contributed by atoms with Crippen molar-refractivity contribution >= 4 is 27.8 Å². The van der Waals surface area contributed by atoms with Crippen molar-refractivity contribution in [3.8, 4) is 0 Å². The van der Waals surface area contributed by atoms with Gasteiger partial charge in [0.1, 0.15) is 0 Å². The van der Waals surface area contributed by atoms with E-state index in [1.54, 1.807) is 30.8 Å². The van der Waals surface area contributed by atoms with Crippen LogP contribution in [0.1, 0.15) is 12.5 Å². The van der Waals surface area contributed by atoms with Crippen LogP contribution in [0.15, 0.2) is 28.7 Å². The van der Waals surface area contributed by atoms with Gasteiger partial charge in [-0.2, -0.15) is 0 Å². The van der Waals surface area contributed by atoms with Gasteiger partial charge in [0.05, 0.1) is 12.5 Å². The Hall–Kier alpha value is -1.40. The number of halogens is 1. The summed E-state index contributed by atoms with van der Waals surface area (Å²) in [5.74, 6) is -1.38. The quantitative estimate of drug-likeness (QED) is 0.812. The first-order valence-corrected chi connectivity index (χ1v) is 7.49. The number of amides is 1. The highest BCUT2D eigenvalue weighted by Gasteiger charge is 2.17. The summed E-state index contributed by atoms with van der Waals surface area (Å²) in [7, 11) is 3.50. The van der Waals surface area contributed by atoms with E-state index in [2.05, 4.69) is 15.9 Å². The van der Waals surface area contributed by atoms with Crippen molar-refractivity contribution < 1.29 is 14.7 Å². The minimum Gasteiger partial charge on any atom is -0.481 e. The molecule has 0 bridgehead atoms. The number of carboxylic acid groups (broad SMARTS) is 1. The highest BCUT2D eigenvalue weighted by atomic mass is 79.9. The Balaban J connectivity index is 2.51. The molecule has 0 radical (unpaired) electrons. The topological polar surface area (TPSA) is 60.9 Å². The molecule has 1 unspecified atom stereocenters. The maximum Gasteiger partial charge on any atom is 0.307 e. The first-order valence-electron chi connectivity index (χ1n) is 6.70. The summed E-state index contributed by atoms with van der Waals surface area (Å²) >= 11 is 3.46. The lowest BCUT2D eigenvalue weighted by Gasteiger charge is -2.23. The lowest BCUT2D eigenvalue weighted by Crippen LogP contribution is -2.39. The molecule has 1 rings (SSSR count). The first kappa shape index (κ1) is 17.7. The summed E-state index contributed by atoms with van der Waals surface area (Å²) in [4.78, 5) is 26.3. The van der Waals surface area contributed by atoms with Gasteiger partial charge in [-0.25, -0.2) is 0 Å². The van der Waals surface area contributed by atoms with Crippen LogP contribution in [0, 0.1) is 5.92 Å².